The molecule has 0 radical (unpaired) electrons. The number of ether oxygens (including phenoxy) is 1. The van der Waals surface area contributed by atoms with Crippen molar-refractivity contribution < 1.29 is 13.5 Å². The second-order valence-electron chi connectivity index (χ2n) is 2.79. The molecule has 1 unspecified atom stereocenters. The van der Waals surface area contributed by atoms with Crippen LogP contribution in [0.5, 0.6) is 0 Å². The van der Waals surface area contributed by atoms with Crippen LogP contribution >= 0.6 is 0 Å². The molecular weight excluding hydrogens is 164 g/mol. The summed E-state index contributed by atoms with van der Waals surface area (Å²) in [7, 11) is 1.58. The van der Waals surface area contributed by atoms with Crippen LogP contribution in [0.3, 0.4) is 0 Å². The second-order valence-corrected chi connectivity index (χ2v) is 2.79. The number of hydrogen-bond donors (Lipinski definition) is 0. The van der Waals surface area contributed by atoms with Gasteiger partial charge in [-0.1, -0.05) is 6.92 Å². The number of hydrogen-bond acceptors (Lipinski definition) is 2. The average Bonchev–Trinajstić information content (AvgIpc) is 2.02. The molecule has 0 amide bonds. The molecule has 74 valence electrons. The highest BCUT2D eigenvalue weighted by Crippen LogP contribution is 2.00. The number of likely N-dealkylation sites (N-methyl/N-ethyl adjacent to an activating group) is 1. The molecule has 2 nitrogen and oxygen atoms in total. The lowest BCUT2D eigenvalue weighted by Crippen LogP contribution is -2.35. The molecule has 4 heteroatoms. The van der Waals surface area contributed by atoms with Gasteiger partial charge in [-0.05, 0) is 13.5 Å². The van der Waals surface area contributed by atoms with Crippen molar-refractivity contribution in [2.75, 3.05) is 26.7 Å². The van der Waals surface area contributed by atoms with Crippen LogP contribution in [0.4, 0.5) is 8.78 Å². The van der Waals surface area contributed by atoms with Crippen molar-refractivity contribution in [2.45, 2.75) is 26.4 Å². The Morgan fingerprint density at radius 2 is 1.92 bits per heavy atom. The van der Waals surface area contributed by atoms with E-state index in [0.717, 1.165) is 0 Å². The third-order valence-corrected chi connectivity index (χ3v) is 1.76. The van der Waals surface area contributed by atoms with Gasteiger partial charge in [0.05, 0.1) is 12.6 Å². The van der Waals surface area contributed by atoms with E-state index < -0.39 is 6.43 Å². The van der Waals surface area contributed by atoms with Crippen molar-refractivity contribution in [1.82, 2.24) is 4.90 Å². The van der Waals surface area contributed by atoms with Gasteiger partial charge < -0.3 is 4.74 Å². The van der Waals surface area contributed by atoms with Gasteiger partial charge in [0.2, 0.25) is 0 Å². The molecule has 1 atom stereocenters. The van der Waals surface area contributed by atoms with Gasteiger partial charge in [-0.15, -0.1) is 0 Å². The monoisotopic (exact) mass is 181 g/mol. The van der Waals surface area contributed by atoms with Crippen LogP contribution in [0.1, 0.15) is 13.8 Å². The van der Waals surface area contributed by atoms with Gasteiger partial charge >= 0.3 is 0 Å². The summed E-state index contributed by atoms with van der Waals surface area (Å²) in [4.78, 5) is 1.68. The highest BCUT2D eigenvalue weighted by Gasteiger charge is 2.12. The normalized spacial score (nSPS) is 14.2. The summed E-state index contributed by atoms with van der Waals surface area (Å²) in [5, 5.41) is 0. The fraction of sp³-hybridized carbons (Fsp3) is 1.00. The van der Waals surface area contributed by atoms with Crippen molar-refractivity contribution in [3.63, 3.8) is 0 Å². The summed E-state index contributed by atoms with van der Waals surface area (Å²) in [5.41, 5.74) is 0. The molecule has 0 aliphatic heterocycles. The standard InChI is InChI=1S/C8H17F2NO/c1-4-11(6-8(9)10)5-7(2)12-3/h7-8H,4-6H2,1-3H3. The van der Waals surface area contributed by atoms with Gasteiger partial charge in [0.15, 0.2) is 0 Å². The first-order valence-electron chi connectivity index (χ1n) is 4.13. The van der Waals surface area contributed by atoms with Crippen molar-refractivity contribution in [3.8, 4) is 0 Å². The number of rotatable bonds is 6. The summed E-state index contributed by atoms with van der Waals surface area (Å²) >= 11 is 0. The smallest absolute Gasteiger partial charge is 0.251 e. The molecule has 0 rings (SSSR count). The van der Waals surface area contributed by atoms with Crippen LogP contribution in [0.25, 0.3) is 0 Å². The van der Waals surface area contributed by atoms with Crippen molar-refractivity contribution in [3.05, 3.63) is 0 Å². The van der Waals surface area contributed by atoms with Gasteiger partial charge in [0.1, 0.15) is 0 Å². The fourth-order valence-corrected chi connectivity index (χ4v) is 0.966. The Morgan fingerprint density at radius 1 is 1.33 bits per heavy atom. The summed E-state index contributed by atoms with van der Waals surface area (Å²) in [6.45, 7) is 4.78. The maximum absolute atomic E-state index is 11.9. The molecule has 0 saturated heterocycles. The van der Waals surface area contributed by atoms with Crippen LogP contribution in [0.2, 0.25) is 0 Å². The van der Waals surface area contributed by atoms with Crippen molar-refractivity contribution in [1.29, 1.82) is 0 Å². The number of methoxy groups -OCH3 is 1. The molecule has 0 N–H and O–H groups in total. The van der Waals surface area contributed by atoms with E-state index in [1.165, 1.54) is 0 Å². The van der Waals surface area contributed by atoms with Crippen LogP contribution < -0.4 is 0 Å². The minimum atomic E-state index is -2.26. The van der Waals surface area contributed by atoms with Crippen LogP contribution in [0, 0.1) is 0 Å². The van der Waals surface area contributed by atoms with Crippen LogP contribution in [0.15, 0.2) is 0 Å². The Balaban J connectivity index is 3.66. The van der Waals surface area contributed by atoms with Crippen molar-refractivity contribution in [2.24, 2.45) is 0 Å². The highest BCUT2D eigenvalue weighted by molar-refractivity contribution is 4.61. The Hall–Kier alpha value is -0.220. The van der Waals surface area contributed by atoms with Crippen molar-refractivity contribution >= 4 is 0 Å². The van der Waals surface area contributed by atoms with Crippen LogP contribution in [-0.2, 0) is 4.74 Å². The Labute approximate surface area is 72.5 Å². The third kappa shape index (κ3) is 5.43. The SMILES string of the molecule is CCN(CC(F)F)CC(C)OC. The topological polar surface area (TPSA) is 12.5 Å². The first-order chi connectivity index (χ1) is 5.60. The quantitative estimate of drug-likeness (QED) is 0.617. The number of alkyl halides is 2. The second kappa shape index (κ2) is 6.31. The summed E-state index contributed by atoms with van der Waals surface area (Å²) in [6.07, 6.45) is -2.24. The van der Waals surface area contributed by atoms with E-state index in [9.17, 15) is 8.78 Å². The predicted octanol–water partition coefficient (Wildman–Crippen LogP) is 1.61. The minimum absolute atomic E-state index is 0.0173. The fourth-order valence-electron chi connectivity index (χ4n) is 0.966. The largest absolute Gasteiger partial charge is 0.380 e. The third-order valence-electron chi connectivity index (χ3n) is 1.76. The maximum atomic E-state index is 11.9. The van der Waals surface area contributed by atoms with Gasteiger partial charge in [-0.3, -0.25) is 4.90 Å². The zero-order chi connectivity index (χ0) is 9.56. The number of nitrogens with zero attached hydrogens (tertiary/aromatic N) is 1. The maximum Gasteiger partial charge on any atom is 0.251 e. The average molecular weight is 181 g/mol. The molecule has 0 bridgehead atoms. The minimum Gasteiger partial charge on any atom is -0.380 e. The predicted molar refractivity (Wildman–Crippen MR) is 44.6 cm³/mol. The zero-order valence-corrected chi connectivity index (χ0v) is 7.89. The van der Waals surface area contributed by atoms with Gasteiger partial charge in [-0.25, -0.2) is 8.78 Å². The molecule has 0 heterocycles. The molecule has 12 heavy (non-hydrogen) atoms. The van der Waals surface area contributed by atoms with Crippen LogP contribution in [-0.4, -0.2) is 44.2 Å². The molecule has 0 saturated carbocycles. The van der Waals surface area contributed by atoms with E-state index in [1.807, 2.05) is 13.8 Å². The van der Waals surface area contributed by atoms with E-state index in [4.69, 9.17) is 4.74 Å². The molecule has 0 spiro atoms. The van der Waals surface area contributed by atoms with E-state index in [-0.39, 0.29) is 12.6 Å². The summed E-state index contributed by atoms with van der Waals surface area (Å²) in [6, 6.07) is 0. The van der Waals surface area contributed by atoms with E-state index >= 15 is 0 Å². The van der Waals surface area contributed by atoms with E-state index in [2.05, 4.69) is 0 Å². The molecule has 0 aliphatic rings. The first-order valence-corrected chi connectivity index (χ1v) is 4.13. The molecule has 0 fully saturated rings. The Kier molecular flexibility index (Phi) is 6.20. The Bertz CT molecular complexity index is 111. The molecule has 0 aromatic heterocycles. The molecular formula is C8H17F2NO. The van der Waals surface area contributed by atoms with Gasteiger partial charge in [0, 0.05) is 13.7 Å². The first kappa shape index (κ1) is 11.8. The van der Waals surface area contributed by atoms with E-state index in [0.29, 0.717) is 13.1 Å². The lowest BCUT2D eigenvalue weighted by molar-refractivity contribution is 0.0437. The molecule has 0 aliphatic carbocycles. The highest BCUT2D eigenvalue weighted by atomic mass is 19.3. The lowest BCUT2D eigenvalue weighted by atomic mass is 10.3. The molecule has 0 aromatic carbocycles. The Morgan fingerprint density at radius 3 is 2.25 bits per heavy atom. The lowest BCUT2D eigenvalue weighted by Gasteiger charge is -2.22. The molecule has 0 aromatic rings. The summed E-state index contributed by atoms with van der Waals surface area (Å²) in [5.74, 6) is 0. The summed E-state index contributed by atoms with van der Waals surface area (Å²) < 4.78 is 28.9. The van der Waals surface area contributed by atoms with Gasteiger partial charge in [-0.2, -0.15) is 0 Å². The van der Waals surface area contributed by atoms with E-state index in [1.54, 1.807) is 12.0 Å². The van der Waals surface area contributed by atoms with Gasteiger partial charge in [0.25, 0.3) is 6.43 Å². The number of halogens is 2. The zero-order valence-electron chi connectivity index (χ0n) is 7.89.